The van der Waals surface area contributed by atoms with Crippen molar-refractivity contribution in [2.24, 2.45) is 5.73 Å². The third kappa shape index (κ3) is 4.42. The first kappa shape index (κ1) is 20.6. The largest absolute Gasteiger partial charge is 0.440 e. The first-order valence-electron chi connectivity index (χ1n) is 9.69. The summed E-state index contributed by atoms with van der Waals surface area (Å²) in [6, 6.07) is 24.8. The number of rotatable bonds is 5. The second-order valence-corrected chi connectivity index (χ2v) is 7.91. The van der Waals surface area contributed by atoms with Crippen LogP contribution in [0.2, 0.25) is 0 Å². The lowest BCUT2D eigenvalue weighted by molar-refractivity contribution is -0.133. The lowest BCUT2D eigenvalue weighted by Gasteiger charge is -2.26. The van der Waals surface area contributed by atoms with Crippen molar-refractivity contribution in [1.82, 2.24) is 0 Å². The van der Waals surface area contributed by atoms with E-state index in [1.54, 1.807) is 23.9 Å². The first-order valence-corrected chi connectivity index (χ1v) is 10.9. The second kappa shape index (κ2) is 8.99. The molecule has 4 rings (SSSR count). The molecule has 0 saturated carbocycles. The third-order valence-corrected chi connectivity index (χ3v) is 5.81. The van der Waals surface area contributed by atoms with Crippen LogP contribution in [-0.4, -0.2) is 12.2 Å². The van der Waals surface area contributed by atoms with Gasteiger partial charge in [-0.15, -0.1) is 11.8 Å². The molecular weight excluding hydrogens is 408 g/mol. The molecule has 1 unspecified atom stereocenters. The van der Waals surface area contributed by atoms with Crippen LogP contribution < -0.4 is 15.2 Å². The summed E-state index contributed by atoms with van der Waals surface area (Å²) in [4.78, 5) is 13.4. The van der Waals surface area contributed by atoms with Gasteiger partial charge in [0.25, 0.3) is 0 Å². The molecule has 0 saturated heterocycles. The summed E-state index contributed by atoms with van der Waals surface area (Å²) < 4.78 is 11.2. The highest BCUT2D eigenvalue weighted by atomic mass is 32.2. The van der Waals surface area contributed by atoms with Crippen molar-refractivity contribution >= 4 is 17.7 Å². The Labute approximate surface area is 185 Å². The van der Waals surface area contributed by atoms with Gasteiger partial charge in [-0.3, -0.25) is 4.79 Å². The minimum atomic E-state index is -0.368. The molecule has 1 atom stereocenters. The Morgan fingerprint density at radius 1 is 1.13 bits per heavy atom. The number of hydrogen-bond acceptors (Lipinski definition) is 6. The highest BCUT2D eigenvalue weighted by molar-refractivity contribution is 7.98. The highest BCUT2D eigenvalue weighted by Crippen LogP contribution is 2.43. The molecule has 6 heteroatoms. The van der Waals surface area contributed by atoms with E-state index >= 15 is 0 Å². The molecule has 31 heavy (non-hydrogen) atoms. The van der Waals surface area contributed by atoms with Gasteiger partial charge in [-0.25, -0.2) is 0 Å². The van der Waals surface area contributed by atoms with Crippen LogP contribution in [0.15, 0.2) is 89.1 Å². The van der Waals surface area contributed by atoms with Gasteiger partial charge < -0.3 is 15.2 Å². The maximum Gasteiger partial charge on any atom is 0.315 e. The summed E-state index contributed by atoms with van der Waals surface area (Å²) in [5, 5.41) is 9.69. The fraction of sp³-hybridized carbons (Fsp3) is 0.120. The van der Waals surface area contributed by atoms with E-state index in [1.165, 1.54) is 0 Å². The Morgan fingerprint density at radius 3 is 2.55 bits per heavy atom. The standard InChI is InChI=1S/C25H20N2O3S/c1-31-19-10-7-17(8-11-19)24-20-12-9-18(14-22(20)30-25(27)21(24)15-26)29-23(28)13-16-5-3-2-4-6-16/h2-12,14,24H,13,27H2,1H3. The van der Waals surface area contributed by atoms with Crippen LogP contribution in [-0.2, 0) is 11.2 Å². The van der Waals surface area contributed by atoms with Crippen LogP contribution in [0.5, 0.6) is 11.5 Å². The predicted octanol–water partition coefficient (Wildman–Crippen LogP) is 4.77. The zero-order valence-corrected chi connectivity index (χ0v) is 17.7. The van der Waals surface area contributed by atoms with Gasteiger partial charge in [0.15, 0.2) is 0 Å². The number of nitrogens with two attached hydrogens (primary N) is 1. The smallest absolute Gasteiger partial charge is 0.315 e. The van der Waals surface area contributed by atoms with Gasteiger partial charge in [0.2, 0.25) is 5.88 Å². The molecule has 3 aromatic rings. The van der Waals surface area contributed by atoms with Gasteiger partial charge in [-0.05, 0) is 35.6 Å². The Hall–Kier alpha value is -3.69. The van der Waals surface area contributed by atoms with Crippen molar-refractivity contribution in [1.29, 1.82) is 5.26 Å². The van der Waals surface area contributed by atoms with E-state index in [1.807, 2.05) is 66.9 Å². The minimum Gasteiger partial charge on any atom is -0.440 e. The molecule has 0 radical (unpaired) electrons. The third-order valence-electron chi connectivity index (χ3n) is 5.06. The molecule has 0 aliphatic carbocycles. The number of ether oxygens (including phenoxy) is 2. The summed E-state index contributed by atoms with van der Waals surface area (Å²) in [5.41, 5.74) is 9.04. The molecule has 0 amide bonds. The molecular formula is C25H20N2O3S. The van der Waals surface area contributed by atoms with Crippen molar-refractivity contribution in [3.8, 4) is 17.6 Å². The highest BCUT2D eigenvalue weighted by Gasteiger charge is 2.31. The monoisotopic (exact) mass is 428 g/mol. The Balaban J connectivity index is 1.62. The molecule has 0 fully saturated rings. The predicted molar refractivity (Wildman–Crippen MR) is 120 cm³/mol. The van der Waals surface area contributed by atoms with Gasteiger partial charge in [0, 0.05) is 16.5 Å². The molecule has 1 aliphatic rings. The topological polar surface area (TPSA) is 85.3 Å². The minimum absolute atomic E-state index is 0.0571. The van der Waals surface area contributed by atoms with E-state index in [0.717, 1.165) is 21.6 Å². The lowest BCUT2D eigenvalue weighted by atomic mass is 9.83. The van der Waals surface area contributed by atoms with E-state index < -0.39 is 0 Å². The van der Waals surface area contributed by atoms with Gasteiger partial charge in [-0.2, -0.15) is 5.26 Å². The van der Waals surface area contributed by atoms with Crippen LogP contribution >= 0.6 is 11.8 Å². The molecule has 1 heterocycles. The molecule has 0 bridgehead atoms. The van der Waals surface area contributed by atoms with E-state index in [0.29, 0.717) is 17.1 Å². The zero-order valence-electron chi connectivity index (χ0n) is 16.9. The van der Waals surface area contributed by atoms with Crippen LogP contribution in [0.3, 0.4) is 0 Å². The summed E-state index contributed by atoms with van der Waals surface area (Å²) in [6.45, 7) is 0. The number of nitrogens with zero attached hydrogens (tertiary/aromatic N) is 1. The average Bonchev–Trinajstić information content (AvgIpc) is 2.78. The average molecular weight is 429 g/mol. The van der Waals surface area contributed by atoms with E-state index in [2.05, 4.69) is 6.07 Å². The van der Waals surface area contributed by atoms with Crippen LogP contribution in [0.1, 0.15) is 22.6 Å². The summed E-state index contributed by atoms with van der Waals surface area (Å²) in [7, 11) is 0. The number of esters is 1. The van der Waals surface area contributed by atoms with Crippen molar-refractivity contribution < 1.29 is 14.3 Å². The molecule has 1 aliphatic heterocycles. The van der Waals surface area contributed by atoms with Crippen molar-refractivity contribution in [3.63, 3.8) is 0 Å². The molecule has 0 spiro atoms. The second-order valence-electron chi connectivity index (χ2n) is 7.03. The molecule has 154 valence electrons. The fourth-order valence-electron chi connectivity index (χ4n) is 3.57. The SMILES string of the molecule is CSc1ccc(C2C(C#N)=C(N)Oc3cc(OC(=O)Cc4ccccc4)ccc32)cc1. The van der Waals surface area contributed by atoms with Gasteiger partial charge >= 0.3 is 5.97 Å². The number of fused-ring (bicyclic) bond motifs is 1. The summed E-state index contributed by atoms with van der Waals surface area (Å²) in [5.74, 6) is 0.178. The number of allylic oxidation sites excluding steroid dienone is 1. The van der Waals surface area contributed by atoms with E-state index in [4.69, 9.17) is 15.2 Å². The van der Waals surface area contributed by atoms with Crippen molar-refractivity contribution in [3.05, 3.63) is 101 Å². The molecule has 5 nitrogen and oxygen atoms in total. The number of thioether (sulfide) groups is 1. The van der Waals surface area contributed by atoms with Crippen molar-refractivity contribution in [2.45, 2.75) is 17.2 Å². The Bertz CT molecular complexity index is 1180. The maximum absolute atomic E-state index is 12.3. The first-order chi connectivity index (χ1) is 15.1. The maximum atomic E-state index is 12.3. The van der Waals surface area contributed by atoms with Crippen LogP contribution in [0.25, 0.3) is 0 Å². The number of benzene rings is 3. The van der Waals surface area contributed by atoms with Crippen LogP contribution in [0.4, 0.5) is 0 Å². The van der Waals surface area contributed by atoms with E-state index in [-0.39, 0.29) is 24.2 Å². The van der Waals surface area contributed by atoms with Gasteiger partial charge in [0.05, 0.1) is 12.3 Å². The van der Waals surface area contributed by atoms with Gasteiger partial charge in [-0.1, -0.05) is 48.5 Å². The molecule has 3 aromatic carbocycles. The Kier molecular flexibility index (Phi) is 5.96. The van der Waals surface area contributed by atoms with Gasteiger partial charge in [0.1, 0.15) is 23.1 Å². The zero-order chi connectivity index (χ0) is 21.8. The number of carbonyl (C=O) groups excluding carboxylic acids is 1. The fourth-order valence-corrected chi connectivity index (χ4v) is 3.98. The van der Waals surface area contributed by atoms with Crippen LogP contribution in [0, 0.1) is 11.3 Å². The Morgan fingerprint density at radius 2 is 1.87 bits per heavy atom. The number of nitriles is 1. The number of carbonyl (C=O) groups is 1. The quantitative estimate of drug-likeness (QED) is 0.358. The number of hydrogen-bond donors (Lipinski definition) is 1. The van der Waals surface area contributed by atoms with E-state index in [9.17, 15) is 10.1 Å². The normalized spacial score (nSPS) is 14.9. The van der Waals surface area contributed by atoms with Crippen molar-refractivity contribution in [2.75, 3.05) is 6.26 Å². The molecule has 2 N–H and O–H groups in total. The summed E-state index contributed by atoms with van der Waals surface area (Å²) >= 11 is 1.65. The lowest BCUT2D eigenvalue weighted by Crippen LogP contribution is -2.21. The summed E-state index contributed by atoms with van der Waals surface area (Å²) in [6.07, 6.45) is 2.18. The molecule has 0 aromatic heterocycles.